The Morgan fingerprint density at radius 2 is 1.89 bits per heavy atom. The summed E-state index contributed by atoms with van der Waals surface area (Å²) >= 11 is 5.42. The van der Waals surface area contributed by atoms with Crippen molar-refractivity contribution in [1.82, 2.24) is 0 Å². The maximum atomic E-state index is 10.8. The number of nitro benzene ring substituents is 1. The van der Waals surface area contributed by atoms with Crippen molar-refractivity contribution >= 4 is 49.9 Å². The van der Waals surface area contributed by atoms with Crippen LogP contribution in [-0.4, -0.2) is 4.92 Å². The monoisotopic (exact) mass is 432 g/mol. The first-order valence-electron chi connectivity index (χ1n) is 5.48. The third-order valence-electron chi connectivity index (χ3n) is 2.55. The number of nitrogens with one attached hydrogen (secondary N) is 1. The van der Waals surface area contributed by atoms with Crippen molar-refractivity contribution in [3.63, 3.8) is 0 Å². The Labute approximate surface area is 132 Å². The maximum absolute atomic E-state index is 10.8. The number of rotatable bonds is 4. The number of nitrogens with zero attached hydrogens (tertiary/aromatic N) is 1. The van der Waals surface area contributed by atoms with Gasteiger partial charge in [-0.3, -0.25) is 10.1 Å². The van der Waals surface area contributed by atoms with Gasteiger partial charge in [0.25, 0.3) is 5.69 Å². The summed E-state index contributed by atoms with van der Waals surface area (Å²) in [7, 11) is 0. The van der Waals surface area contributed by atoms with E-state index in [1.807, 2.05) is 30.3 Å². The summed E-state index contributed by atoms with van der Waals surface area (Å²) < 4.78 is 1.66. The Bertz CT molecular complexity index is 602. The molecule has 0 aliphatic heterocycles. The first kappa shape index (κ1) is 14.3. The lowest BCUT2D eigenvalue weighted by Crippen LogP contribution is -2.00. The fraction of sp³-hybridized carbons (Fsp3) is 0.0769. The molecule has 19 heavy (non-hydrogen) atoms. The second-order valence-electron chi connectivity index (χ2n) is 3.90. The molecule has 0 spiro atoms. The van der Waals surface area contributed by atoms with E-state index in [1.54, 1.807) is 12.1 Å². The van der Waals surface area contributed by atoms with Crippen molar-refractivity contribution in [2.75, 3.05) is 5.32 Å². The van der Waals surface area contributed by atoms with Crippen molar-refractivity contribution in [1.29, 1.82) is 0 Å². The molecule has 0 aromatic heterocycles. The summed E-state index contributed by atoms with van der Waals surface area (Å²) in [5, 5.41) is 14.1. The molecule has 0 aliphatic carbocycles. The van der Waals surface area contributed by atoms with E-state index < -0.39 is 4.92 Å². The van der Waals surface area contributed by atoms with Crippen LogP contribution in [0.25, 0.3) is 0 Å². The zero-order valence-corrected chi connectivity index (χ0v) is 13.5. The lowest BCUT2D eigenvalue weighted by atomic mass is 10.2. The third-order valence-corrected chi connectivity index (χ3v) is 3.94. The van der Waals surface area contributed by atoms with E-state index in [0.29, 0.717) is 11.0 Å². The summed E-state index contributed by atoms with van der Waals surface area (Å²) in [5.74, 6) is 0. The van der Waals surface area contributed by atoms with E-state index in [2.05, 4.69) is 43.8 Å². The molecule has 1 N–H and O–H groups in total. The number of anilines is 1. The highest BCUT2D eigenvalue weighted by atomic mass is 127. The zero-order chi connectivity index (χ0) is 13.8. The van der Waals surface area contributed by atoms with E-state index >= 15 is 0 Å². The minimum Gasteiger partial charge on any atom is -0.381 e. The topological polar surface area (TPSA) is 55.2 Å². The summed E-state index contributed by atoms with van der Waals surface area (Å²) in [6.07, 6.45) is 0. The van der Waals surface area contributed by atoms with Crippen LogP contribution < -0.4 is 5.32 Å². The molecule has 6 heteroatoms. The molecule has 2 aromatic rings. The Kier molecular flexibility index (Phi) is 4.76. The predicted octanol–water partition coefficient (Wildman–Crippen LogP) is 4.57. The molecule has 0 heterocycles. The Morgan fingerprint density at radius 1 is 1.21 bits per heavy atom. The van der Waals surface area contributed by atoms with Crippen LogP contribution >= 0.6 is 38.5 Å². The van der Waals surface area contributed by atoms with Gasteiger partial charge in [0.1, 0.15) is 0 Å². The highest BCUT2D eigenvalue weighted by Gasteiger charge is 2.11. The SMILES string of the molecule is O=[N+]([O-])c1cc(CNc2ccc(I)cc2)ccc1Br. The first-order valence-corrected chi connectivity index (χ1v) is 7.35. The van der Waals surface area contributed by atoms with Crippen molar-refractivity contribution in [2.45, 2.75) is 6.54 Å². The van der Waals surface area contributed by atoms with Gasteiger partial charge in [0.05, 0.1) is 9.40 Å². The van der Waals surface area contributed by atoms with Crippen LogP contribution in [0, 0.1) is 13.7 Å². The quantitative estimate of drug-likeness (QED) is 0.437. The standard InChI is InChI=1S/C13H10BrIN2O2/c14-12-6-1-9(7-13(12)17(18)19)8-16-11-4-2-10(15)3-5-11/h1-7,16H,8H2. The highest BCUT2D eigenvalue weighted by molar-refractivity contribution is 14.1. The molecule has 98 valence electrons. The summed E-state index contributed by atoms with van der Waals surface area (Å²) in [6, 6.07) is 13.1. The van der Waals surface area contributed by atoms with Gasteiger partial charge in [0.15, 0.2) is 0 Å². The smallest absolute Gasteiger partial charge is 0.283 e. The summed E-state index contributed by atoms with van der Waals surface area (Å²) in [5.41, 5.74) is 1.95. The molecule has 0 aliphatic rings. The van der Waals surface area contributed by atoms with Crippen LogP contribution in [0.3, 0.4) is 0 Å². The van der Waals surface area contributed by atoms with Crippen molar-refractivity contribution in [3.8, 4) is 0 Å². The van der Waals surface area contributed by atoms with Crippen LogP contribution in [-0.2, 0) is 6.54 Å². The van der Waals surface area contributed by atoms with Crippen LogP contribution in [0.4, 0.5) is 11.4 Å². The maximum Gasteiger partial charge on any atom is 0.283 e. The van der Waals surface area contributed by atoms with E-state index in [9.17, 15) is 10.1 Å². The van der Waals surface area contributed by atoms with Gasteiger partial charge >= 0.3 is 0 Å². The molecular weight excluding hydrogens is 423 g/mol. The largest absolute Gasteiger partial charge is 0.381 e. The fourth-order valence-corrected chi connectivity index (χ4v) is 2.33. The lowest BCUT2D eigenvalue weighted by molar-refractivity contribution is -0.385. The minimum atomic E-state index is -0.390. The lowest BCUT2D eigenvalue weighted by Gasteiger charge is -2.07. The molecule has 4 nitrogen and oxygen atoms in total. The average Bonchev–Trinajstić information content (AvgIpc) is 2.39. The highest BCUT2D eigenvalue weighted by Crippen LogP contribution is 2.26. The Balaban J connectivity index is 2.09. The molecule has 0 saturated carbocycles. The number of halogens is 2. The average molecular weight is 433 g/mol. The Morgan fingerprint density at radius 3 is 2.53 bits per heavy atom. The molecular formula is C13H10BrIN2O2. The van der Waals surface area contributed by atoms with Crippen LogP contribution in [0.2, 0.25) is 0 Å². The zero-order valence-electron chi connectivity index (χ0n) is 9.77. The van der Waals surface area contributed by atoms with E-state index in [4.69, 9.17) is 0 Å². The second kappa shape index (κ2) is 6.33. The number of benzene rings is 2. The molecule has 0 bridgehead atoms. The van der Waals surface area contributed by atoms with Gasteiger partial charge in [-0.2, -0.15) is 0 Å². The fourth-order valence-electron chi connectivity index (χ4n) is 1.58. The molecule has 0 radical (unpaired) electrons. The second-order valence-corrected chi connectivity index (χ2v) is 6.00. The third kappa shape index (κ3) is 3.90. The predicted molar refractivity (Wildman–Crippen MR) is 87.3 cm³/mol. The van der Waals surface area contributed by atoms with Crippen molar-refractivity contribution < 1.29 is 4.92 Å². The van der Waals surface area contributed by atoms with E-state index in [1.165, 1.54) is 3.57 Å². The van der Waals surface area contributed by atoms with Crippen molar-refractivity contribution in [3.05, 3.63) is 66.2 Å². The molecule has 0 saturated heterocycles. The van der Waals surface area contributed by atoms with Gasteiger partial charge in [0.2, 0.25) is 0 Å². The van der Waals surface area contributed by atoms with Gasteiger partial charge in [-0.1, -0.05) is 6.07 Å². The molecule has 0 unspecified atom stereocenters. The Hall–Kier alpha value is -1.15. The van der Waals surface area contributed by atoms with Crippen molar-refractivity contribution in [2.24, 2.45) is 0 Å². The van der Waals surface area contributed by atoms with Crippen LogP contribution in [0.5, 0.6) is 0 Å². The molecule has 0 amide bonds. The first-order chi connectivity index (χ1) is 9.06. The molecule has 2 rings (SSSR count). The van der Waals surface area contributed by atoms with E-state index in [-0.39, 0.29) is 5.69 Å². The number of nitro groups is 1. The van der Waals surface area contributed by atoms with Gasteiger partial charge in [-0.15, -0.1) is 0 Å². The van der Waals surface area contributed by atoms with Crippen LogP contribution in [0.15, 0.2) is 46.9 Å². The molecule has 2 aromatic carbocycles. The van der Waals surface area contributed by atoms with Gasteiger partial charge in [-0.05, 0) is 74.4 Å². The normalized spacial score (nSPS) is 10.2. The van der Waals surface area contributed by atoms with E-state index in [0.717, 1.165) is 11.3 Å². The summed E-state index contributed by atoms with van der Waals surface area (Å²) in [4.78, 5) is 10.4. The number of hydrogen-bond donors (Lipinski definition) is 1. The van der Waals surface area contributed by atoms with Gasteiger partial charge in [0, 0.05) is 21.9 Å². The minimum absolute atomic E-state index is 0.0851. The van der Waals surface area contributed by atoms with Crippen LogP contribution in [0.1, 0.15) is 5.56 Å². The van der Waals surface area contributed by atoms with Gasteiger partial charge < -0.3 is 5.32 Å². The summed E-state index contributed by atoms with van der Waals surface area (Å²) in [6.45, 7) is 0.550. The van der Waals surface area contributed by atoms with Gasteiger partial charge in [-0.25, -0.2) is 0 Å². The molecule has 0 atom stereocenters. The molecule has 0 fully saturated rings. The number of hydrogen-bond acceptors (Lipinski definition) is 3.